The topological polar surface area (TPSA) is 66.0 Å². The first kappa shape index (κ1) is 11.4. The molecule has 0 N–H and O–H groups in total. The maximum absolute atomic E-state index is 5.32. The lowest BCUT2D eigenvalue weighted by molar-refractivity contribution is 0.192. The Morgan fingerprint density at radius 2 is 2.44 bits per heavy atom. The van der Waals surface area contributed by atoms with E-state index in [4.69, 9.17) is 9.26 Å². The molecule has 6 nitrogen and oxygen atoms in total. The number of rotatable bonds is 5. The van der Waals surface area contributed by atoms with Crippen LogP contribution in [0.15, 0.2) is 23.2 Å². The van der Waals surface area contributed by atoms with Crippen LogP contribution in [0.1, 0.15) is 30.5 Å². The third-order valence-electron chi connectivity index (χ3n) is 3.14. The maximum atomic E-state index is 5.32. The van der Waals surface area contributed by atoms with Gasteiger partial charge in [-0.15, -0.1) is 0 Å². The predicted molar refractivity (Wildman–Crippen MR) is 63.0 cm³/mol. The smallest absolute Gasteiger partial charge is 0.226 e. The quantitative estimate of drug-likeness (QED) is 0.800. The number of aromatic nitrogens is 4. The number of nitrogens with zero attached hydrogens (tertiary/aromatic N) is 4. The molecule has 1 atom stereocenters. The molecule has 0 bridgehead atoms. The third-order valence-corrected chi connectivity index (χ3v) is 3.14. The second-order valence-electron chi connectivity index (χ2n) is 4.51. The van der Waals surface area contributed by atoms with Crippen LogP contribution in [0, 0.1) is 0 Å². The van der Waals surface area contributed by atoms with Crippen molar-refractivity contribution in [1.29, 1.82) is 0 Å². The van der Waals surface area contributed by atoms with E-state index in [2.05, 4.69) is 15.1 Å². The molecule has 1 aliphatic rings. The van der Waals surface area contributed by atoms with Crippen LogP contribution in [0.3, 0.4) is 0 Å². The van der Waals surface area contributed by atoms with Gasteiger partial charge >= 0.3 is 0 Å². The molecule has 0 saturated carbocycles. The summed E-state index contributed by atoms with van der Waals surface area (Å²) in [5.74, 6) is 1.83. The fourth-order valence-corrected chi connectivity index (χ4v) is 2.11. The summed E-state index contributed by atoms with van der Waals surface area (Å²) < 4.78 is 12.6. The molecule has 0 aromatic carbocycles. The van der Waals surface area contributed by atoms with Crippen LogP contribution >= 0.6 is 0 Å². The van der Waals surface area contributed by atoms with E-state index >= 15 is 0 Å². The van der Waals surface area contributed by atoms with Crippen LogP contribution in [0.5, 0.6) is 0 Å². The highest BCUT2D eigenvalue weighted by atomic mass is 16.5. The summed E-state index contributed by atoms with van der Waals surface area (Å²) in [6.07, 6.45) is 8.32. The Hall–Kier alpha value is -1.69. The molecule has 1 aliphatic heterocycles. The second kappa shape index (κ2) is 5.30. The van der Waals surface area contributed by atoms with E-state index in [1.165, 1.54) is 0 Å². The van der Waals surface area contributed by atoms with Gasteiger partial charge in [-0.05, 0) is 12.8 Å². The van der Waals surface area contributed by atoms with E-state index < -0.39 is 0 Å². The molecule has 0 amide bonds. The fourth-order valence-electron chi connectivity index (χ4n) is 2.11. The van der Waals surface area contributed by atoms with E-state index in [1.807, 2.05) is 17.1 Å². The molecule has 1 unspecified atom stereocenters. The normalized spacial score (nSPS) is 19.4. The second-order valence-corrected chi connectivity index (χ2v) is 4.51. The van der Waals surface area contributed by atoms with Crippen molar-refractivity contribution in [2.45, 2.75) is 31.7 Å². The Morgan fingerprint density at radius 3 is 3.22 bits per heavy atom. The number of imidazole rings is 1. The first-order valence-electron chi connectivity index (χ1n) is 6.28. The maximum Gasteiger partial charge on any atom is 0.226 e. The van der Waals surface area contributed by atoms with Crippen molar-refractivity contribution in [3.05, 3.63) is 30.4 Å². The van der Waals surface area contributed by atoms with Crippen molar-refractivity contribution in [3.8, 4) is 0 Å². The molecule has 2 aromatic rings. The molecular formula is C12H16N4O2. The molecule has 2 aromatic heterocycles. The van der Waals surface area contributed by atoms with Crippen molar-refractivity contribution < 1.29 is 9.26 Å². The van der Waals surface area contributed by atoms with E-state index in [0.717, 1.165) is 44.1 Å². The van der Waals surface area contributed by atoms with Crippen LogP contribution < -0.4 is 0 Å². The highest BCUT2D eigenvalue weighted by Crippen LogP contribution is 2.22. The van der Waals surface area contributed by atoms with Crippen LogP contribution in [-0.2, 0) is 17.7 Å². The minimum Gasteiger partial charge on any atom is -0.381 e. The third kappa shape index (κ3) is 2.59. The van der Waals surface area contributed by atoms with Crippen molar-refractivity contribution in [2.75, 3.05) is 13.2 Å². The van der Waals surface area contributed by atoms with Gasteiger partial charge in [0, 0.05) is 37.9 Å². The summed E-state index contributed by atoms with van der Waals surface area (Å²) >= 11 is 0. The molecule has 1 saturated heterocycles. The number of ether oxygens (including phenoxy) is 1. The first-order valence-corrected chi connectivity index (χ1v) is 6.28. The van der Waals surface area contributed by atoms with E-state index in [0.29, 0.717) is 12.5 Å². The summed E-state index contributed by atoms with van der Waals surface area (Å²) in [5.41, 5.74) is 0. The molecule has 1 fully saturated rings. The molecule has 6 heteroatoms. The Labute approximate surface area is 105 Å². The molecule has 3 rings (SSSR count). The zero-order valence-electron chi connectivity index (χ0n) is 10.2. The highest BCUT2D eigenvalue weighted by molar-refractivity contribution is 4.97. The standard InChI is InChI=1S/C12H16N4O2/c1(5-16-6-4-13-9-16)2-11-14-12(15-18-11)10-3-7-17-8-10/h4,6,9-10H,1-3,5,7-8H2. The van der Waals surface area contributed by atoms with Crippen LogP contribution in [-0.4, -0.2) is 32.9 Å². The number of aryl methyl sites for hydroxylation is 2. The Balaban J connectivity index is 1.50. The molecule has 96 valence electrons. The minimum absolute atomic E-state index is 0.316. The van der Waals surface area contributed by atoms with Gasteiger partial charge in [0.1, 0.15) is 0 Å². The van der Waals surface area contributed by atoms with E-state index in [-0.39, 0.29) is 0 Å². The summed E-state index contributed by atoms with van der Waals surface area (Å²) in [5, 5.41) is 4.03. The van der Waals surface area contributed by atoms with E-state index in [1.54, 1.807) is 6.20 Å². The van der Waals surface area contributed by atoms with Gasteiger partial charge < -0.3 is 13.8 Å². The Bertz CT molecular complexity index is 474. The molecule has 3 heterocycles. The van der Waals surface area contributed by atoms with Crippen molar-refractivity contribution >= 4 is 0 Å². The SMILES string of the molecule is c1cn(CCCc2nc(C3CCOC3)no2)cn1. The largest absolute Gasteiger partial charge is 0.381 e. The van der Waals surface area contributed by atoms with Gasteiger partial charge in [-0.3, -0.25) is 0 Å². The average Bonchev–Trinajstić information content (AvgIpc) is 3.12. The van der Waals surface area contributed by atoms with Crippen molar-refractivity contribution in [1.82, 2.24) is 19.7 Å². The molecule has 0 radical (unpaired) electrons. The minimum atomic E-state index is 0.316. The molecule has 0 spiro atoms. The molecule has 0 aliphatic carbocycles. The lowest BCUT2D eigenvalue weighted by Crippen LogP contribution is -2.00. The van der Waals surface area contributed by atoms with E-state index in [9.17, 15) is 0 Å². The zero-order chi connectivity index (χ0) is 12.2. The van der Waals surface area contributed by atoms with Gasteiger partial charge in [0.05, 0.1) is 12.9 Å². The van der Waals surface area contributed by atoms with Gasteiger partial charge in [-0.1, -0.05) is 5.16 Å². The van der Waals surface area contributed by atoms with Gasteiger partial charge in [-0.25, -0.2) is 4.98 Å². The first-order chi connectivity index (χ1) is 8.92. The summed E-state index contributed by atoms with van der Waals surface area (Å²) in [6, 6.07) is 0. The zero-order valence-corrected chi connectivity index (χ0v) is 10.2. The average molecular weight is 248 g/mol. The highest BCUT2D eigenvalue weighted by Gasteiger charge is 2.22. The summed E-state index contributed by atoms with van der Waals surface area (Å²) in [7, 11) is 0. The van der Waals surface area contributed by atoms with Gasteiger partial charge in [0.15, 0.2) is 5.82 Å². The lowest BCUT2D eigenvalue weighted by Gasteiger charge is -1.99. The van der Waals surface area contributed by atoms with Crippen molar-refractivity contribution in [2.24, 2.45) is 0 Å². The molecule has 18 heavy (non-hydrogen) atoms. The predicted octanol–water partition coefficient (Wildman–Crippen LogP) is 1.40. The molecular weight excluding hydrogens is 232 g/mol. The van der Waals surface area contributed by atoms with Gasteiger partial charge in [0.25, 0.3) is 0 Å². The van der Waals surface area contributed by atoms with Crippen LogP contribution in [0.2, 0.25) is 0 Å². The fraction of sp³-hybridized carbons (Fsp3) is 0.583. The van der Waals surface area contributed by atoms with Crippen LogP contribution in [0.4, 0.5) is 0 Å². The Morgan fingerprint density at radius 1 is 1.44 bits per heavy atom. The monoisotopic (exact) mass is 248 g/mol. The number of hydrogen-bond donors (Lipinski definition) is 0. The summed E-state index contributed by atoms with van der Waals surface area (Å²) in [6.45, 7) is 2.44. The van der Waals surface area contributed by atoms with Gasteiger partial charge in [0.2, 0.25) is 5.89 Å². The Kier molecular flexibility index (Phi) is 3.36. The van der Waals surface area contributed by atoms with Crippen LogP contribution in [0.25, 0.3) is 0 Å². The van der Waals surface area contributed by atoms with Gasteiger partial charge in [-0.2, -0.15) is 4.98 Å². The number of hydrogen-bond acceptors (Lipinski definition) is 5. The lowest BCUT2D eigenvalue weighted by atomic mass is 10.1. The van der Waals surface area contributed by atoms with Crippen molar-refractivity contribution in [3.63, 3.8) is 0 Å². The summed E-state index contributed by atoms with van der Waals surface area (Å²) in [4.78, 5) is 8.43.